The first-order valence-corrected chi connectivity index (χ1v) is 9.52. The van der Waals surface area contributed by atoms with Gasteiger partial charge in [-0.15, -0.1) is 11.3 Å². The zero-order valence-electron chi connectivity index (χ0n) is 14.5. The van der Waals surface area contributed by atoms with Gasteiger partial charge in [0.25, 0.3) is 5.91 Å². The SMILES string of the molecule is CCOc1ccc(Cl)c(C(=O)Nc2nc(-c3ccc(CC)cc3)cs2)n1. The van der Waals surface area contributed by atoms with Crippen LogP contribution in [-0.4, -0.2) is 22.5 Å². The lowest BCUT2D eigenvalue weighted by Crippen LogP contribution is -2.14. The van der Waals surface area contributed by atoms with E-state index in [4.69, 9.17) is 16.3 Å². The van der Waals surface area contributed by atoms with E-state index in [0.29, 0.717) is 17.6 Å². The van der Waals surface area contributed by atoms with Gasteiger partial charge in [-0.3, -0.25) is 10.1 Å². The molecule has 0 fully saturated rings. The molecule has 1 amide bonds. The van der Waals surface area contributed by atoms with Crippen molar-refractivity contribution in [3.05, 3.63) is 58.1 Å². The lowest BCUT2D eigenvalue weighted by molar-refractivity contribution is 0.102. The highest BCUT2D eigenvalue weighted by atomic mass is 35.5. The summed E-state index contributed by atoms with van der Waals surface area (Å²) in [6.45, 7) is 4.42. The fourth-order valence-electron chi connectivity index (χ4n) is 2.34. The summed E-state index contributed by atoms with van der Waals surface area (Å²) in [4.78, 5) is 21.1. The number of carbonyl (C=O) groups excluding carboxylic acids is 1. The molecule has 0 aliphatic carbocycles. The van der Waals surface area contributed by atoms with Gasteiger partial charge in [0.15, 0.2) is 10.8 Å². The molecule has 0 spiro atoms. The Hall–Kier alpha value is -2.44. The van der Waals surface area contributed by atoms with E-state index in [9.17, 15) is 4.79 Å². The molecule has 5 nitrogen and oxygen atoms in total. The molecule has 3 rings (SSSR count). The summed E-state index contributed by atoms with van der Waals surface area (Å²) in [5.41, 5.74) is 3.21. The number of amides is 1. The second-order valence-corrected chi connectivity index (χ2v) is 6.72. The number of halogens is 1. The first-order valence-electron chi connectivity index (χ1n) is 8.26. The minimum absolute atomic E-state index is 0.113. The highest BCUT2D eigenvalue weighted by molar-refractivity contribution is 7.14. The van der Waals surface area contributed by atoms with Crippen molar-refractivity contribution < 1.29 is 9.53 Å². The Kier molecular flexibility index (Phi) is 5.85. The standard InChI is InChI=1S/C19H18ClN3O2S/c1-3-12-5-7-13(8-6-12)15-11-26-19(21-15)23-18(24)17-14(20)9-10-16(22-17)25-4-2/h5-11H,3-4H2,1-2H3,(H,21,23,24). The van der Waals surface area contributed by atoms with Gasteiger partial charge < -0.3 is 4.74 Å². The molecule has 26 heavy (non-hydrogen) atoms. The third-order valence-electron chi connectivity index (χ3n) is 3.71. The number of aromatic nitrogens is 2. The highest BCUT2D eigenvalue weighted by Gasteiger charge is 2.16. The highest BCUT2D eigenvalue weighted by Crippen LogP contribution is 2.26. The molecule has 0 atom stereocenters. The summed E-state index contributed by atoms with van der Waals surface area (Å²) in [6, 6.07) is 11.4. The van der Waals surface area contributed by atoms with Crippen LogP contribution >= 0.6 is 22.9 Å². The van der Waals surface area contributed by atoms with Gasteiger partial charge in [-0.2, -0.15) is 0 Å². The lowest BCUT2D eigenvalue weighted by atomic mass is 10.1. The molecule has 0 saturated carbocycles. The Morgan fingerprint density at radius 3 is 2.62 bits per heavy atom. The maximum atomic E-state index is 12.5. The first kappa shape index (κ1) is 18.4. The predicted octanol–water partition coefficient (Wildman–Crippen LogP) is 5.07. The maximum absolute atomic E-state index is 12.5. The van der Waals surface area contributed by atoms with Crippen molar-refractivity contribution in [2.75, 3.05) is 11.9 Å². The summed E-state index contributed by atoms with van der Waals surface area (Å²) < 4.78 is 5.32. The van der Waals surface area contributed by atoms with Crippen LogP contribution in [-0.2, 0) is 6.42 Å². The Morgan fingerprint density at radius 2 is 1.92 bits per heavy atom. The van der Waals surface area contributed by atoms with Gasteiger partial charge in [0.05, 0.1) is 17.3 Å². The number of hydrogen-bond acceptors (Lipinski definition) is 5. The molecule has 7 heteroatoms. The van der Waals surface area contributed by atoms with E-state index in [0.717, 1.165) is 17.7 Å². The van der Waals surface area contributed by atoms with Crippen LogP contribution in [0, 0.1) is 0 Å². The van der Waals surface area contributed by atoms with E-state index < -0.39 is 5.91 Å². The normalized spacial score (nSPS) is 10.6. The van der Waals surface area contributed by atoms with Crippen LogP contribution in [0.4, 0.5) is 5.13 Å². The first-order chi connectivity index (χ1) is 12.6. The summed E-state index contributed by atoms with van der Waals surface area (Å²) in [5, 5.41) is 5.40. The minimum atomic E-state index is -0.418. The van der Waals surface area contributed by atoms with Gasteiger partial charge in [-0.05, 0) is 25.0 Å². The van der Waals surface area contributed by atoms with E-state index in [1.807, 2.05) is 24.4 Å². The third kappa shape index (κ3) is 4.20. The lowest BCUT2D eigenvalue weighted by Gasteiger charge is -2.06. The topological polar surface area (TPSA) is 64.1 Å². The molecule has 0 saturated heterocycles. The molecule has 2 heterocycles. The predicted molar refractivity (Wildman–Crippen MR) is 105 cm³/mol. The molecule has 1 aromatic carbocycles. The minimum Gasteiger partial charge on any atom is -0.478 e. The maximum Gasteiger partial charge on any atom is 0.277 e. The van der Waals surface area contributed by atoms with E-state index in [1.165, 1.54) is 16.9 Å². The van der Waals surface area contributed by atoms with E-state index >= 15 is 0 Å². The number of nitrogens with zero attached hydrogens (tertiary/aromatic N) is 2. The second kappa shape index (κ2) is 8.29. The number of hydrogen-bond donors (Lipinski definition) is 1. The number of nitrogens with one attached hydrogen (secondary N) is 1. The molecule has 134 valence electrons. The van der Waals surface area contributed by atoms with Crippen molar-refractivity contribution >= 4 is 34.0 Å². The number of aryl methyl sites for hydroxylation is 1. The summed E-state index contributed by atoms with van der Waals surface area (Å²) in [5.74, 6) is -0.0586. The Morgan fingerprint density at radius 1 is 1.15 bits per heavy atom. The number of carbonyl (C=O) groups is 1. The van der Waals surface area contributed by atoms with Crippen LogP contribution in [0.2, 0.25) is 5.02 Å². The largest absolute Gasteiger partial charge is 0.478 e. The van der Waals surface area contributed by atoms with Gasteiger partial charge in [0.1, 0.15) is 0 Å². The number of benzene rings is 1. The number of thiazole rings is 1. The molecule has 2 aromatic heterocycles. The van der Waals surface area contributed by atoms with Crippen LogP contribution in [0.15, 0.2) is 41.8 Å². The Labute approximate surface area is 161 Å². The molecular weight excluding hydrogens is 370 g/mol. The molecule has 0 unspecified atom stereocenters. The van der Waals surface area contributed by atoms with Crippen LogP contribution in [0.25, 0.3) is 11.3 Å². The molecule has 0 radical (unpaired) electrons. The fourth-order valence-corrected chi connectivity index (χ4v) is 3.25. The third-order valence-corrected chi connectivity index (χ3v) is 4.77. The molecule has 0 aliphatic heterocycles. The molecule has 0 bridgehead atoms. The summed E-state index contributed by atoms with van der Waals surface area (Å²) in [6.07, 6.45) is 0.993. The number of ether oxygens (including phenoxy) is 1. The van der Waals surface area contributed by atoms with Crippen molar-refractivity contribution in [2.45, 2.75) is 20.3 Å². The molecular formula is C19H18ClN3O2S. The van der Waals surface area contributed by atoms with E-state index in [2.05, 4.69) is 34.3 Å². The number of rotatable bonds is 6. The average Bonchev–Trinajstić information content (AvgIpc) is 3.12. The van der Waals surface area contributed by atoms with Crippen molar-refractivity contribution in [3.63, 3.8) is 0 Å². The van der Waals surface area contributed by atoms with E-state index in [1.54, 1.807) is 12.1 Å². The summed E-state index contributed by atoms with van der Waals surface area (Å²) >= 11 is 7.44. The molecule has 0 aliphatic rings. The van der Waals surface area contributed by atoms with Gasteiger partial charge in [-0.1, -0.05) is 42.8 Å². The van der Waals surface area contributed by atoms with Gasteiger partial charge >= 0.3 is 0 Å². The van der Waals surface area contributed by atoms with Gasteiger partial charge in [-0.25, -0.2) is 9.97 Å². The zero-order valence-corrected chi connectivity index (χ0v) is 16.0. The average molecular weight is 388 g/mol. The van der Waals surface area contributed by atoms with Gasteiger partial charge in [0.2, 0.25) is 5.88 Å². The monoisotopic (exact) mass is 387 g/mol. The molecule has 1 N–H and O–H groups in total. The van der Waals surface area contributed by atoms with Crippen LogP contribution in [0.1, 0.15) is 29.9 Å². The van der Waals surface area contributed by atoms with Crippen LogP contribution < -0.4 is 10.1 Å². The number of pyridine rings is 1. The summed E-state index contributed by atoms with van der Waals surface area (Å²) in [7, 11) is 0. The van der Waals surface area contributed by atoms with Crippen molar-refractivity contribution in [3.8, 4) is 17.1 Å². The smallest absolute Gasteiger partial charge is 0.277 e. The van der Waals surface area contributed by atoms with Crippen LogP contribution in [0.5, 0.6) is 5.88 Å². The fraction of sp³-hybridized carbons (Fsp3) is 0.211. The quantitative estimate of drug-likeness (QED) is 0.641. The Balaban J connectivity index is 1.76. The molecule has 3 aromatic rings. The number of anilines is 1. The second-order valence-electron chi connectivity index (χ2n) is 5.46. The van der Waals surface area contributed by atoms with Crippen molar-refractivity contribution in [1.29, 1.82) is 0 Å². The van der Waals surface area contributed by atoms with E-state index in [-0.39, 0.29) is 10.7 Å². The van der Waals surface area contributed by atoms with Gasteiger partial charge in [0, 0.05) is 17.0 Å². The van der Waals surface area contributed by atoms with Crippen molar-refractivity contribution in [1.82, 2.24) is 9.97 Å². The van der Waals surface area contributed by atoms with Crippen LogP contribution in [0.3, 0.4) is 0 Å². The van der Waals surface area contributed by atoms with Crippen molar-refractivity contribution in [2.24, 2.45) is 0 Å². The Bertz CT molecular complexity index is 909. The zero-order chi connectivity index (χ0) is 18.5.